The van der Waals surface area contributed by atoms with E-state index in [0.717, 1.165) is 22.9 Å². The third-order valence-electron chi connectivity index (χ3n) is 2.65. The van der Waals surface area contributed by atoms with Gasteiger partial charge in [-0.05, 0) is 24.1 Å². The van der Waals surface area contributed by atoms with Crippen molar-refractivity contribution in [3.05, 3.63) is 23.3 Å². The SMILES string of the molecule is COc1cc2c(cc1OCCBr)C(=O)CC2. The molecule has 0 fully saturated rings. The van der Waals surface area contributed by atoms with E-state index < -0.39 is 0 Å². The molecule has 1 aliphatic carbocycles. The number of ketones is 1. The van der Waals surface area contributed by atoms with Gasteiger partial charge in [-0.1, -0.05) is 15.9 Å². The molecule has 0 atom stereocenters. The van der Waals surface area contributed by atoms with Crippen LogP contribution in [0.5, 0.6) is 11.5 Å². The second-order valence-corrected chi connectivity index (χ2v) is 4.41. The van der Waals surface area contributed by atoms with Gasteiger partial charge in [0.1, 0.15) is 0 Å². The summed E-state index contributed by atoms with van der Waals surface area (Å²) in [6.45, 7) is 0.559. The molecule has 1 aromatic rings. The van der Waals surface area contributed by atoms with Crippen LogP contribution in [0.2, 0.25) is 0 Å². The molecule has 86 valence electrons. The Morgan fingerprint density at radius 1 is 1.31 bits per heavy atom. The van der Waals surface area contributed by atoms with Crippen molar-refractivity contribution in [1.82, 2.24) is 0 Å². The predicted molar refractivity (Wildman–Crippen MR) is 64.9 cm³/mol. The zero-order valence-corrected chi connectivity index (χ0v) is 10.7. The Labute approximate surface area is 103 Å². The largest absolute Gasteiger partial charge is 0.493 e. The molecule has 2 rings (SSSR count). The molecule has 0 aromatic heterocycles. The van der Waals surface area contributed by atoms with Gasteiger partial charge in [0.15, 0.2) is 17.3 Å². The van der Waals surface area contributed by atoms with Crippen molar-refractivity contribution < 1.29 is 14.3 Å². The van der Waals surface area contributed by atoms with Gasteiger partial charge >= 0.3 is 0 Å². The van der Waals surface area contributed by atoms with Crippen molar-refractivity contribution in [2.75, 3.05) is 19.0 Å². The second-order valence-electron chi connectivity index (χ2n) is 3.62. The van der Waals surface area contributed by atoms with Crippen molar-refractivity contribution >= 4 is 21.7 Å². The first-order valence-electron chi connectivity index (χ1n) is 5.19. The molecule has 16 heavy (non-hydrogen) atoms. The monoisotopic (exact) mass is 284 g/mol. The van der Waals surface area contributed by atoms with E-state index in [4.69, 9.17) is 9.47 Å². The lowest BCUT2D eigenvalue weighted by Gasteiger charge is -2.11. The number of hydrogen-bond donors (Lipinski definition) is 0. The maximum absolute atomic E-state index is 11.6. The predicted octanol–water partition coefficient (Wildman–Crippen LogP) is 2.60. The maximum atomic E-state index is 11.6. The standard InChI is InChI=1S/C12H13BrO3/c1-15-11-6-8-2-3-10(14)9(8)7-12(11)16-5-4-13/h6-7H,2-5H2,1H3. The van der Waals surface area contributed by atoms with Crippen LogP contribution in [0, 0.1) is 0 Å². The molecule has 0 radical (unpaired) electrons. The summed E-state index contributed by atoms with van der Waals surface area (Å²) in [6, 6.07) is 3.70. The molecule has 4 heteroatoms. The minimum atomic E-state index is 0.196. The number of hydrogen-bond acceptors (Lipinski definition) is 3. The van der Waals surface area contributed by atoms with Crippen molar-refractivity contribution in [1.29, 1.82) is 0 Å². The molecular weight excluding hydrogens is 272 g/mol. The normalized spacial score (nSPS) is 13.8. The number of ether oxygens (including phenoxy) is 2. The maximum Gasteiger partial charge on any atom is 0.163 e. The molecule has 0 unspecified atom stereocenters. The molecule has 0 bridgehead atoms. The van der Waals surface area contributed by atoms with E-state index >= 15 is 0 Å². The first kappa shape index (κ1) is 11.5. The van der Waals surface area contributed by atoms with E-state index in [0.29, 0.717) is 24.5 Å². The first-order chi connectivity index (χ1) is 7.76. The molecular formula is C12H13BrO3. The number of methoxy groups -OCH3 is 1. The number of aryl methyl sites for hydroxylation is 1. The molecule has 0 amide bonds. The summed E-state index contributed by atoms with van der Waals surface area (Å²) in [4.78, 5) is 11.6. The minimum absolute atomic E-state index is 0.196. The molecule has 0 saturated heterocycles. The Bertz CT molecular complexity index is 415. The summed E-state index contributed by atoms with van der Waals surface area (Å²) < 4.78 is 10.8. The Hall–Kier alpha value is -1.03. The highest BCUT2D eigenvalue weighted by molar-refractivity contribution is 9.09. The van der Waals surface area contributed by atoms with Gasteiger partial charge in [0.2, 0.25) is 0 Å². The fraction of sp³-hybridized carbons (Fsp3) is 0.417. The van der Waals surface area contributed by atoms with Crippen molar-refractivity contribution in [2.45, 2.75) is 12.8 Å². The highest BCUT2D eigenvalue weighted by Crippen LogP contribution is 2.34. The summed E-state index contributed by atoms with van der Waals surface area (Å²) in [7, 11) is 1.61. The van der Waals surface area contributed by atoms with Crippen LogP contribution in [-0.2, 0) is 6.42 Å². The van der Waals surface area contributed by atoms with E-state index in [1.807, 2.05) is 6.07 Å². The smallest absolute Gasteiger partial charge is 0.163 e. The summed E-state index contributed by atoms with van der Waals surface area (Å²) in [5, 5.41) is 0.751. The van der Waals surface area contributed by atoms with Gasteiger partial charge in [0.25, 0.3) is 0 Å². The highest BCUT2D eigenvalue weighted by atomic mass is 79.9. The zero-order chi connectivity index (χ0) is 11.5. The molecule has 1 aliphatic rings. The summed E-state index contributed by atoms with van der Waals surface area (Å²) in [5.41, 5.74) is 1.85. The van der Waals surface area contributed by atoms with Crippen LogP contribution in [0.4, 0.5) is 0 Å². The van der Waals surface area contributed by atoms with Crippen molar-refractivity contribution in [3.63, 3.8) is 0 Å². The Balaban J connectivity index is 2.35. The van der Waals surface area contributed by atoms with E-state index in [1.165, 1.54) is 0 Å². The van der Waals surface area contributed by atoms with Gasteiger partial charge in [0, 0.05) is 17.3 Å². The lowest BCUT2D eigenvalue weighted by Crippen LogP contribution is -2.02. The van der Waals surface area contributed by atoms with Gasteiger partial charge in [0.05, 0.1) is 13.7 Å². The summed E-state index contributed by atoms with van der Waals surface area (Å²) in [6.07, 6.45) is 1.41. The number of rotatable bonds is 4. The average Bonchev–Trinajstić information content (AvgIpc) is 2.66. The highest BCUT2D eigenvalue weighted by Gasteiger charge is 2.22. The molecule has 0 spiro atoms. The minimum Gasteiger partial charge on any atom is -0.493 e. The van der Waals surface area contributed by atoms with Crippen LogP contribution in [0.3, 0.4) is 0 Å². The summed E-state index contributed by atoms with van der Waals surface area (Å²) in [5.74, 6) is 1.55. The average molecular weight is 285 g/mol. The third kappa shape index (κ3) is 2.07. The summed E-state index contributed by atoms with van der Waals surface area (Å²) >= 11 is 3.29. The lowest BCUT2D eigenvalue weighted by molar-refractivity contribution is 0.0994. The van der Waals surface area contributed by atoms with Crippen LogP contribution < -0.4 is 9.47 Å². The number of benzene rings is 1. The Morgan fingerprint density at radius 2 is 2.12 bits per heavy atom. The number of halogens is 1. The zero-order valence-electron chi connectivity index (χ0n) is 9.09. The lowest BCUT2D eigenvalue weighted by atomic mass is 10.1. The number of carbonyl (C=O) groups excluding carboxylic acids is 1. The fourth-order valence-corrected chi connectivity index (χ4v) is 2.03. The van der Waals surface area contributed by atoms with Gasteiger partial charge in [-0.3, -0.25) is 4.79 Å². The third-order valence-corrected chi connectivity index (χ3v) is 2.97. The van der Waals surface area contributed by atoms with E-state index in [-0.39, 0.29) is 5.78 Å². The Kier molecular flexibility index (Phi) is 3.49. The van der Waals surface area contributed by atoms with Crippen LogP contribution >= 0.6 is 15.9 Å². The van der Waals surface area contributed by atoms with Gasteiger partial charge < -0.3 is 9.47 Å². The van der Waals surface area contributed by atoms with Crippen molar-refractivity contribution in [2.24, 2.45) is 0 Å². The number of carbonyl (C=O) groups is 1. The van der Waals surface area contributed by atoms with Gasteiger partial charge in [-0.2, -0.15) is 0 Å². The van der Waals surface area contributed by atoms with Crippen LogP contribution in [-0.4, -0.2) is 24.8 Å². The number of Topliss-reactive ketones (excluding diaryl/α,β-unsaturated/α-hetero) is 1. The molecule has 0 saturated carbocycles. The molecule has 0 aliphatic heterocycles. The van der Waals surface area contributed by atoms with E-state index in [2.05, 4.69) is 15.9 Å². The Morgan fingerprint density at radius 3 is 2.81 bits per heavy atom. The van der Waals surface area contributed by atoms with Gasteiger partial charge in [-0.15, -0.1) is 0 Å². The van der Waals surface area contributed by atoms with Crippen LogP contribution in [0.25, 0.3) is 0 Å². The molecule has 3 nitrogen and oxygen atoms in total. The van der Waals surface area contributed by atoms with Crippen molar-refractivity contribution in [3.8, 4) is 11.5 Å². The first-order valence-corrected chi connectivity index (χ1v) is 6.31. The van der Waals surface area contributed by atoms with Crippen LogP contribution in [0.15, 0.2) is 12.1 Å². The second kappa shape index (κ2) is 4.87. The van der Waals surface area contributed by atoms with Gasteiger partial charge in [-0.25, -0.2) is 0 Å². The fourth-order valence-electron chi connectivity index (χ4n) is 1.87. The molecule has 1 aromatic carbocycles. The van der Waals surface area contributed by atoms with E-state index in [1.54, 1.807) is 13.2 Å². The molecule has 0 N–H and O–H groups in total. The number of fused-ring (bicyclic) bond motifs is 1. The number of alkyl halides is 1. The van der Waals surface area contributed by atoms with Crippen LogP contribution in [0.1, 0.15) is 22.3 Å². The topological polar surface area (TPSA) is 35.5 Å². The quantitative estimate of drug-likeness (QED) is 0.798. The van der Waals surface area contributed by atoms with E-state index in [9.17, 15) is 4.79 Å². The molecule has 0 heterocycles.